The van der Waals surface area contributed by atoms with Crippen LogP contribution in [-0.4, -0.2) is 37.0 Å². The molecule has 0 aliphatic carbocycles. The van der Waals surface area contributed by atoms with Crippen LogP contribution in [0.1, 0.15) is 16.6 Å². The number of alkyl halides is 3. The maximum atomic E-state index is 11.9. The average molecular weight is 282 g/mol. The molecule has 1 aromatic heterocycles. The molecule has 4 nitrogen and oxygen atoms in total. The summed E-state index contributed by atoms with van der Waals surface area (Å²) in [6.45, 7) is -0.392. The first-order chi connectivity index (χ1) is 8.46. The number of nitrogens with zero attached hydrogens (tertiary/aromatic N) is 1. The number of rotatable bonds is 4. The van der Waals surface area contributed by atoms with E-state index in [1.807, 2.05) is 0 Å². The highest BCUT2D eigenvalue weighted by atomic mass is 32.1. The number of aromatic nitrogens is 1. The standard InChI is InChI=1S/C10H13F3N2O2S/c11-10(12,13)5-17-3-9-15-8(4-18-9)6-1-16-2-7(6)14/h4,6-7H,1-3,5,14H2. The number of ether oxygens (including phenoxy) is 2. The van der Waals surface area contributed by atoms with Crippen LogP contribution in [0.3, 0.4) is 0 Å². The lowest BCUT2D eigenvalue weighted by molar-refractivity contribution is -0.176. The molecule has 0 saturated carbocycles. The smallest absolute Gasteiger partial charge is 0.379 e. The Kier molecular flexibility index (Phi) is 4.21. The largest absolute Gasteiger partial charge is 0.411 e. The molecule has 2 heterocycles. The third-order valence-electron chi connectivity index (χ3n) is 2.57. The minimum absolute atomic E-state index is 0.0256. The molecule has 8 heteroatoms. The normalized spacial score (nSPS) is 24.7. The van der Waals surface area contributed by atoms with Gasteiger partial charge in [-0.25, -0.2) is 4.98 Å². The molecule has 0 bridgehead atoms. The molecule has 1 aliphatic heterocycles. The third-order valence-corrected chi connectivity index (χ3v) is 3.41. The van der Waals surface area contributed by atoms with Gasteiger partial charge in [0.05, 0.1) is 25.5 Å². The van der Waals surface area contributed by atoms with Crippen molar-refractivity contribution in [1.82, 2.24) is 4.98 Å². The molecule has 1 aliphatic rings. The fourth-order valence-corrected chi connectivity index (χ4v) is 2.49. The summed E-state index contributed by atoms with van der Waals surface area (Å²) in [7, 11) is 0. The number of hydrogen-bond acceptors (Lipinski definition) is 5. The van der Waals surface area contributed by atoms with E-state index in [2.05, 4.69) is 9.72 Å². The Hall–Kier alpha value is -0.700. The van der Waals surface area contributed by atoms with Crippen molar-refractivity contribution >= 4 is 11.3 Å². The van der Waals surface area contributed by atoms with Gasteiger partial charge >= 0.3 is 6.18 Å². The van der Waals surface area contributed by atoms with Crippen LogP contribution >= 0.6 is 11.3 Å². The van der Waals surface area contributed by atoms with Crippen LogP contribution in [-0.2, 0) is 16.1 Å². The Labute approximate surface area is 106 Å². The molecule has 1 fully saturated rings. The Balaban J connectivity index is 1.86. The van der Waals surface area contributed by atoms with Crippen molar-refractivity contribution in [1.29, 1.82) is 0 Å². The monoisotopic (exact) mass is 282 g/mol. The first-order valence-corrected chi connectivity index (χ1v) is 6.26. The van der Waals surface area contributed by atoms with Gasteiger partial charge in [-0.15, -0.1) is 11.3 Å². The van der Waals surface area contributed by atoms with Gasteiger partial charge in [0, 0.05) is 17.3 Å². The molecular formula is C10H13F3N2O2S. The lowest BCUT2D eigenvalue weighted by Gasteiger charge is -2.09. The van der Waals surface area contributed by atoms with E-state index < -0.39 is 12.8 Å². The SMILES string of the molecule is NC1COCC1c1csc(COCC(F)(F)F)n1. The number of halogens is 3. The van der Waals surface area contributed by atoms with Crippen molar-refractivity contribution in [3.8, 4) is 0 Å². The van der Waals surface area contributed by atoms with E-state index in [0.717, 1.165) is 5.69 Å². The molecule has 2 unspecified atom stereocenters. The average Bonchev–Trinajstić information content (AvgIpc) is 2.84. The quantitative estimate of drug-likeness (QED) is 0.912. The predicted octanol–water partition coefficient (Wildman–Crippen LogP) is 1.66. The van der Waals surface area contributed by atoms with Crippen molar-refractivity contribution < 1.29 is 22.6 Å². The Bertz CT molecular complexity index is 397. The van der Waals surface area contributed by atoms with Crippen molar-refractivity contribution in [2.24, 2.45) is 5.73 Å². The van der Waals surface area contributed by atoms with Gasteiger partial charge in [0.15, 0.2) is 0 Å². The van der Waals surface area contributed by atoms with Crippen LogP contribution in [0.5, 0.6) is 0 Å². The zero-order valence-corrected chi connectivity index (χ0v) is 10.3. The van der Waals surface area contributed by atoms with Gasteiger partial charge in [-0.05, 0) is 0 Å². The van der Waals surface area contributed by atoms with Gasteiger partial charge in [0.25, 0.3) is 0 Å². The minimum Gasteiger partial charge on any atom is -0.379 e. The molecule has 102 valence electrons. The van der Waals surface area contributed by atoms with Crippen LogP contribution in [0.4, 0.5) is 13.2 Å². The van der Waals surface area contributed by atoms with E-state index in [1.54, 1.807) is 5.38 Å². The van der Waals surface area contributed by atoms with E-state index in [4.69, 9.17) is 10.5 Å². The second-order valence-electron chi connectivity index (χ2n) is 4.08. The van der Waals surface area contributed by atoms with Gasteiger partial charge < -0.3 is 15.2 Å². The van der Waals surface area contributed by atoms with Crippen molar-refractivity contribution in [2.45, 2.75) is 24.7 Å². The number of nitrogens with two attached hydrogens (primary N) is 1. The van der Waals surface area contributed by atoms with Crippen LogP contribution in [0.2, 0.25) is 0 Å². The molecule has 0 amide bonds. The first kappa shape index (κ1) is 13.7. The molecule has 2 N–H and O–H groups in total. The molecule has 18 heavy (non-hydrogen) atoms. The zero-order valence-electron chi connectivity index (χ0n) is 9.44. The molecule has 0 spiro atoms. The topological polar surface area (TPSA) is 57.4 Å². The summed E-state index contributed by atoms with van der Waals surface area (Å²) in [4.78, 5) is 4.23. The van der Waals surface area contributed by atoms with E-state index in [9.17, 15) is 13.2 Å². The lowest BCUT2D eigenvalue weighted by atomic mass is 10.0. The summed E-state index contributed by atoms with van der Waals surface area (Å²) in [5.41, 5.74) is 6.61. The summed E-state index contributed by atoms with van der Waals surface area (Å²) < 4.78 is 45.4. The third kappa shape index (κ3) is 3.64. The van der Waals surface area contributed by atoms with Crippen LogP contribution in [0, 0.1) is 0 Å². The molecule has 2 atom stereocenters. The Morgan fingerprint density at radius 2 is 2.28 bits per heavy atom. The molecule has 0 radical (unpaired) electrons. The van der Waals surface area contributed by atoms with Crippen molar-refractivity contribution in [2.75, 3.05) is 19.8 Å². The predicted molar refractivity (Wildman–Crippen MR) is 59.4 cm³/mol. The molecule has 0 aromatic carbocycles. The molecule has 1 saturated heterocycles. The fourth-order valence-electron chi connectivity index (χ4n) is 1.69. The summed E-state index contributed by atoms with van der Waals surface area (Å²) in [6.07, 6.45) is -4.30. The van der Waals surface area contributed by atoms with E-state index in [0.29, 0.717) is 18.2 Å². The van der Waals surface area contributed by atoms with Gasteiger partial charge in [-0.3, -0.25) is 0 Å². The highest BCUT2D eigenvalue weighted by molar-refractivity contribution is 7.09. The number of thiazole rings is 1. The molecule has 1 aromatic rings. The van der Waals surface area contributed by atoms with E-state index in [1.165, 1.54) is 11.3 Å². The van der Waals surface area contributed by atoms with Gasteiger partial charge in [0.1, 0.15) is 11.6 Å². The Morgan fingerprint density at radius 3 is 2.89 bits per heavy atom. The van der Waals surface area contributed by atoms with Crippen LogP contribution in [0.25, 0.3) is 0 Å². The maximum Gasteiger partial charge on any atom is 0.411 e. The van der Waals surface area contributed by atoms with Crippen molar-refractivity contribution in [3.05, 3.63) is 16.1 Å². The summed E-state index contributed by atoms with van der Waals surface area (Å²) in [5.74, 6) is 0.0256. The van der Waals surface area contributed by atoms with Gasteiger partial charge in [-0.2, -0.15) is 13.2 Å². The highest BCUT2D eigenvalue weighted by Crippen LogP contribution is 2.26. The second-order valence-corrected chi connectivity index (χ2v) is 5.02. The molecule has 2 rings (SSSR count). The fraction of sp³-hybridized carbons (Fsp3) is 0.700. The van der Waals surface area contributed by atoms with E-state index in [-0.39, 0.29) is 18.6 Å². The zero-order chi connectivity index (χ0) is 13.2. The second kappa shape index (κ2) is 5.52. The Morgan fingerprint density at radius 1 is 1.50 bits per heavy atom. The lowest BCUT2D eigenvalue weighted by Crippen LogP contribution is -2.27. The minimum atomic E-state index is -4.30. The van der Waals surface area contributed by atoms with Crippen molar-refractivity contribution in [3.63, 3.8) is 0 Å². The highest BCUT2D eigenvalue weighted by Gasteiger charge is 2.29. The maximum absolute atomic E-state index is 11.9. The van der Waals surface area contributed by atoms with E-state index >= 15 is 0 Å². The van der Waals surface area contributed by atoms with Gasteiger partial charge in [0.2, 0.25) is 0 Å². The molecular weight excluding hydrogens is 269 g/mol. The summed E-state index contributed by atoms with van der Waals surface area (Å²) >= 11 is 1.27. The van der Waals surface area contributed by atoms with Crippen LogP contribution < -0.4 is 5.73 Å². The summed E-state index contributed by atoms with van der Waals surface area (Å²) in [6, 6.07) is -0.101. The first-order valence-electron chi connectivity index (χ1n) is 5.38. The van der Waals surface area contributed by atoms with Gasteiger partial charge in [-0.1, -0.05) is 0 Å². The number of hydrogen-bond donors (Lipinski definition) is 1. The summed E-state index contributed by atoms with van der Waals surface area (Å²) in [5, 5.41) is 2.32. The van der Waals surface area contributed by atoms with Crippen LogP contribution in [0.15, 0.2) is 5.38 Å².